The molecule has 0 saturated heterocycles. The van der Waals surface area contributed by atoms with E-state index in [0.29, 0.717) is 0 Å². The van der Waals surface area contributed by atoms with Gasteiger partial charge in [0.05, 0.1) is 0 Å². The van der Waals surface area contributed by atoms with Crippen molar-refractivity contribution in [3.8, 4) is 0 Å². The zero-order valence-corrected chi connectivity index (χ0v) is 7.23. The van der Waals surface area contributed by atoms with Crippen molar-refractivity contribution in [2.24, 2.45) is 11.8 Å². The van der Waals surface area contributed by atoms with E-state index in [1.54, 1.807) is 0 Å². The van der Waals surface area contributed by atoms with Gasteiger partial charge in [-0.1, -0.05) is 32.4 Å². The van der Waals surface area contributed by atoms with Crippen LogP contribution in [-0.2, 0) is 0 Å². The number of rotatable bonds is 2. The van der Waals surface area contributed by atoms with Crippen LogP contribution in [0.1, 0.15) is 34.6 Å². The van der Waals surface area contributed by atoms with Gasteiger partial charge in [0, 0.05) is 0 Å². The van der Waals surface area contributed by atoms with Gasteiger partial charge in [-0.15, -0.1) is 0 Å². The number of allylic oxidation sites excluding steroid dienone is 2. The van der Waals surface area contributed by atoms with E-state index in [4.69, 9.17) is 0 Å². The largest absolute Gasteiger partial charge is 0.0885 e. The van der Waals surface area contributed by atoms with E-state index in [9.17, 15) is 0 Å². The molecule has 0 radical (unpaired) electrons. The molecule has 0 amide bonds. The summed E-state index contributed by atoms with van der Waals surface area (Å²) in [6.07, 6.45) is 2.20. The van der Waals surface area contributed by atoms with Crippen molar-refractivity contribution in [1.29, 1.82) is 0 Å². The van der Waals surface area contributed by atoms with E-state index in [2.05, 4.69) is 40.7 Å². The summed E-state index contributed by atoms with van der Waals surface area (Å²) in [5.74, 6) is 1.52. The molecule has 54 valence electrons. The Morgan fingerprint density at radius 1 is 1.22 bits per heavy atom. The first-order valence-corrected chi connectivity index (χ1v) is 3.72. The molecule has 0 aliphatic carbocycles. The van der Waals surface area contributed by atoms with Crippen LogP contribution in [0, 0.1) is 11.8 Å². The molecule has 0 heterocycles. The third-order valence-electron chi connectivity index (χ3n) is 2.17. The minimum absolute atomic E-state index is 0.745. The summed E-state index contributed by atoms with van der Waals surface area (Å²) in [6, 6.07) is 0. The second-order valence-electron chi connectivity index (χ2n) is 3.07. The van der Waals surface area contributed by atoms with Crippen molar-refractivity contribution in [3.05, 3.63) is 11.6 Å². The molecule has 0 spiro atoms. The summed E-state index contributed by atoms with van der Waals surface area (Å²) in [5.41, 5.74) is 1.50. The topological polar surface area (TPSA) is 0 Å². The fraction of sp³-hybridized carbons (Fsp3) is 0.778. The SMILES string of the molecule is C/C=C(/C)C(C)C(C)C. The minimum Gasteiger partial charge on any atom is -0.0885 e. The molecule has 0 aromatic rings. The van der Waals surface area contributed by atoms with E-state index in [1.807, 2.05) is 0 Å². The maximum Gasteiger partial charge on any atom is -0.0211 e. The summed E-state index contributed by atoms with van der Waals surface area (Å²) < 4.78 is 0. The average Bonchev–Trinajstić information content (AvgIpc) is 1.84. The van der Waals surface area contributed by atoms with Gasteiger partial charge in [0.25, 0.3) is 0 Å². The monoisotopic (exact) mass is 126 g/mol. The highest BCUT2D eigenvalue weighted by Gasteiger charge is 2.06. The predicted molar refractivity (Wildman–Crippen MR) is 43.4 cm³/mol. The third kappa shape index (κ3) is 2.69. The molecule has 0 aliphatic rings. The fourth-order valence-electron chi connectivity index (χ4n) is 0.789. The van der Waals surface area contributed by atoms with Gasteiger partial charge in [0.1, 0.15) is 0 Å². The Bertz CT molecular complexity index is 98.6. The molecule has 0 saturated carbocycles. The van der Waals surface area contributed by atoms with Gasteiger partial charge < -0.3 is 0 Å². The quantitative estimate of drug-likeness (QED) is 0.498. The lowest BCUT2D eigenvalue weighted by atomic mass is 9.91. The molecule has 0 rings (SSSR count). The third-order valence-corrected chi connectivity index (χ3v) is 2.17. The predicted octanol–water partition coefficient (Wildman–Crippen LogP) is 3.24. The Balaban J connectivity index is 3.88. The molecule has 9 heavy (non-hydrogen) atoms. The molecule has 0 bridgehead atoms. The van der Waals surface area contributed by atoms with Crippen LogP contribution in [0.4, 0.5) is 0 Å². The van der Waals surface area contributed by atoms with Gasteiger partial charge in [-0.05, 0) is 25.7 Å². The van der Waals surface area contributed by atoms with Crippen molar-refractivity contribution in [3.63, 3.8) is 0 Å². The van der Waals surface area contributed by atoms with Crippen LogP contribution in [0.2, 0.25) is 0 Å². The summed E-state index contributed by atoms with van der Waals surface area (Å²) in [6.45, 7) is 11.1. The second-order valence-corrected chi connectivity index (χ2v) is 3.07. The van der Waals surface area contributed by atoms with E-state index in [-0.39, 0.29) is 0 Å². The summed E-state index contributed by atoms with van der Waals surface area (Å²) >= 11 is 0. The van der Waals surface area contributed by atoms with Crippen molar-refractivity contribution in [2.45, 2.75) is 34.6 Å². The van der Waals surface area contributed by atoms with Crippen molar-refractivity contribution in [2.75, 3.05) is 0 Å². The molecule has 0 N–H and O–H groups in total. The van der Waals surface area contributed by atoms with E-state index >= 15 is 0 Å². The minimum atomic E-state index is 0.745. The van der Waals surface area contributed by atoms with Gasteiger partial charge in [-0.3, -0.25) is 0 Å². The summed E-state index contributed by atoms with van der Waals surface area (Å²) in [5, 5.41) is 0. The molecule has 0 aromatic heterocycles. The van der Waals surface area contributed by atoms with Gasteiger partial charge in [-0.2, -0.15) is 0 Å². The van der Waals surface area contributed by atoms with Gasteiger partial charge in [0.2, 0.25) is 0 Å². The smallest absolute Gasteiger partial charge is 0.0211 e. The molecular weight excluding hydrogens is 108 g/mol. The number of hydrogen-bond acceptors (Lipinski definition) is 0. The fourth-order valence-corrected chi connectivity index (χ4v) is 0.789. The highest BCUT2D eigenvalue weighted by molar-refractivity contribution is 5.00. The molecule has 1 atom stereocenters. The Labute approximate surface area is 59.0 Å². The standard InChI is InChI=1S/C9H18/c1-6-8(4)9(5)7(2)3/h6-7,9H,1-5H3/b8-6-. The van der Waals surface area contributed by atoms with Crippen LogP contribution in [0.15, 0.2) is 11.6 Å². The lowest BCUT2D eigenvalue weighted by Crippen LogP contribution is -2.04. The maximum absolute atomic E-state index is 2.28. The maximum atomic E-state index is 2.28. The second kappa shape index (κ2) is 3.71. The highest BCUT2D eigenvalue weighted by Crippen LogP contribution is 2.18. The summed E-state index contributed by atoms with van der Waals surface area (Å²) in [7, 11) is 0. The van der Waals surface area contributed by atoms with Crippen molar-refractivity contribution in [1.82, 2.24) is 0 Å². The molecule has 0 heteroatoms. The molecule has 0 aromatic carbocycles. The van der Waals surface area contributed by atoms with E-state index < -0.39 is 0 Å². The van der Waals surface area contributed by atoms with E-state index in [0.717, 1.165) is 11.8 Å². The summed E-state index contributed by atoms with van der Waals surface area (Å²) in [4.78, 5) is 0. The first-order chi connectivity index (χ1) is 4.09. The Morgan fingerprint density at radius 2 is 1.67 bits per heavy atom. The lowest BCUT2D eigenvalue weighted by molar-refractivity contribution is 0.479. The molecular formula is C9H18. The average molecular weight is 126 g/mol. The molecule has 0 nitrogen and oxygen atoms in total. The van der Waals surface area contributed by atoms with Gasteiger partial charge >= 0.3 is 0 Å². The highest BCUT2D eigenvalue weighted by atomic mass is 14.1. The lowest BCUT2D eigenvalue weighted by Gasteiger charge is -2.15. The van der Waals surface area contributed by atoms with Crippen LogP contribution in [0.5, 0.6) is 0 Å². The van der Waals surface area contributed by atoms with Crippen LogP contribution in [0.25, 0.3) is 0 Å². The zero-order chi connectivity index (χ0) is 7.44. The normalized spacial score (nSPS) is 16.4. The van der Waals surface area contributed by atoms with Crippen LogP contribution >= 0.6 is 0 Å². The van der Waals surface area contributed by atoms with Crippen molar-refractivity contribution < 1.29 is 0 Å². The Kier molecular flexibility index (Phi) is 3.60. The first kappa shape index (κ1) is 8.74. The van der Waals surface area contributed by atoms with Gasteiger partial charge in [-0.25, -0.2) is 0 Å². The molecule has 1 unspecified atom stereocenters. The number of hydrogen-bond donors (Lipinski definition) is 0. The van der Waals surface area contributed by atoms with Crippen LogP contribution < -0.4 is 0 Å². The van der Waals surface area contributed by atoms with E-state index in [1.165, 1.54) is 5.57 Å². The van der Waals surface area contributed by atoms with Crippen LogP contribution in [-0.4, -0.2) is 0 Å². The molecule has 0 aliphatic heterocycles. The van der Waals surface area contributed by atoms with Crippen LogP contribution in [0.3, 0.4) is 0 Å². The zero-order valence-electron chi connectivity index (χ0n) is 7.23. The molecule has 0 fully saturated rings. The van der Waals surface area contributed by atoms with Gasteiger partial charge in [0.15, 0.2) is 0 Å². The van der Waals surface area contributed by atoms with Crippen molar-refractivity contribution >= 4 is 0 Å². The Morgan fingerprint density at radius 3 is 1.78 bits per heavy atom. The Hall–Kier alpha value is -0.260. The first-order valence-electron chi connectivity index (χ1n) is 3.72.